The molecule has 0 saturated carbocycles. The zero-order chi connectivity index (χ0) is 25.4. The number of amides is 2. The maximum Gasteiger partial charge on any atom is 0.317 e. The molecule has 8 nitrogen and oxygen atoms in total. The Hall–Kier alpha value is -3.50. The van der Waals surface area contributed by atoms with Crippen molar-refractivity contribution >= 4 is 11.8 Å². The van der Waals surface area contributed by atoms with Gasteiger partial charge >= 0.3 is 6.03 Å². The van der Waals surface area contributed by atoms with Gasteiger partial charge in [0, 0.05) is 13.1 Å². The molecule has 1 aromatic heterocycles. The number of nitrogens with two attached hydrogens (primary N) is 1. The number of nitrogens with one attached hydrogen (secondary N) is 1. The normalized spacial score (nSPS) is 15.4. The van der Waals surface area contributed by atoms with E-state index >= 15 is 0 Å². The van der Waals surface area contributed by atoms with Gasteiger partial charge in [-0.15, -0.1) is 5.10 Å². The van der Waals surface area contributed by atoms with Gasteiger partial charge in [0.2, 0.25) is 5.88 Å². The van der Waals surface area contributed by atoms with Crippen LogP contribution in [0.2, 0.25) is 0 Å². The van der Waals surface area contributed by atoms with Crippen LogP contribution in [0.5, 0.6) is 5.88 Å². The quantitative estimate of drug-likeness (QED) is 0.470. The number of aliphatic hydroxyl groups excluding tert-OH is 1. The van der Waals surface area contributed by atoms with Crippen LogP contribution in [0.4, 0.5) is 19.4 Å². The van der Waals surface area contributed by atoms with Gasteiger partial charge < -0.3 is 20.5 Å². The molecule has 0 spiro atoms. The molecule has 4 N–H and O–H groups in total. The summed E-state index contributed by atoms with van der Waals surface area (Å²) < 4.78 is 32.9. The van der Waals surface area contributed by atoms with E-state index in [1.54, 1.807) is 10.7 Å². The Kier molecular flexibility index (Phi) is 9.16. The number of hydrogen-bond donors (Lipinski definition) is 3. The number of para-hydroxylation sites is 1. The summed E-state index contributed by atoms with van der Waals surface area (Å²) in [5, 5.41) is 15.7. The van der Waals surface area contributed by atoms with Crippen LogP contribution in [0, 0.1) is 18.6 Å². The predicted octanol–water partition coefficient (Wildman–Crippen LogP) is 3.82. The SMILES string of the molecule is CCOc1nn(-c2ccccc2)c(NC(N)=O)c1C.OCCN1CCC(c2ccc(F)c(F)c2)C1. The molecule has 3 aromatic rings. The fourth-order valence-electron chi connectivity index (χ4n) is 3.98. The molecule has 188 valence electrons. The van der Waals surface area contributed by atoms with E-state index in [1.165, 1.54) is 12.1 Å². The van der Waals surface area contributed by atoms with E-state index in [0.29, 0.717) is 24.8 Å². The zero-order valence-electron chi connectivity index (χ0n) is 19.9. The number of halogens is 2. The Balaban J connectivity index is 0.000000198. The summed E-state index contributed by atoms with van der Waals surface area (Å²) in [6.07, 6.45) is 0.936. The number of β-amino-alcohol motifs (C(OH)–C–C–N with tert-alkyl or cyclic N) is 1. The summed E-state index contributed by atoms with van der Waals surface area (Å²) in [7, 11) is 0. The van der Waals surface area contributed by atoms with Crippen LogP contribution in [-0.2, 0) is 0 Å². The third kappa shape index (κ3) is 6.77. The molecule has 4 rings (SSSR count). The van der Waals surface area contributed by atoms with Crippen LogP contribution in [-0.4, -0.2) is 58.7 Å². The molecule has 1 saturated heterocycles. The smallest absolute Gasteiger partial charge is 0.317 e. The van der Waals surface area contributed by atoms with Crippen LogP contribution in [0.25, 0.3) is 5.69 Å². The first-order valence-corrected chi connectivity index (χ1v) is 11.5. The zero-order valence-corrected chi connectivity index (χ0v) is 19.9. The highest BCUT2D eigenvalue weighted by molar-refractivity contribution is 5.88. The number of rotatable bonds is 7. The summed E-state index contributed by atoms with van der Waals surface area (Å²) in [6, 6.07) is 12.9. The predicted molar refractivity (Wildman–Crippen MR) is 130 cm³/mol. The van der Waals surface area contributed by atoms with Crippen molar-refractivity contribution in [1.82, 2.24) is 14.7 Å². The third-order valence-electron chi connectivity index (χ3n) is 5.71. The van der Waals surface area contributed by atoms with E-state index in [9.17, 15) is 13.6 Å². The number of hydrogen-bond acceptors (Lipinski definition) is 5. The van der Waals surface area contributed by atoms with Crippen LogP contribution in [0.15, 0.2) is 48.5 Å². The molecule has 1 fully saturated rings. The van der Waals surface area contributed by atoms with Crippen molar-refractivity contribution in [3.63, 3.8) is 0 Å². The Morgan fingerprint density at radius 1 is 1.23 bits per heavy atom. The van der Waals surface area contributed by atoms with Crippen molar-refractivity contribution in [2.75, 3.05) is 38.2 Å². The first-order chi connectivity index (χ1) is 16.8. The molecule has 35 heavy (non-hydrogen) atoms. The highest BCUT2D eigenvalue weighted by atomic mass is 19.2. The lowest BCUT2D eigenvalue weighted by Gasteiger charge is -2.14. The minimum Gasteiger partial charge on any atom is -0.477 e. The minimum absolute atomic E-state index is 0.143. The summed E-state index contributed by atoms with van der Waals surface area (Å²) in [4.78, 5) is 13.2. The Labute approximate surface area is 203 Å². The van der Waals surface area contributed by atoms with Gasteiger partial charge in [-0.25, -0.2) is 18.3 Å². The van der Waals surface area contributed by atoms with Gasteiger partial charge in [-0.2, -0.15) is 0 Å². The van der Waals surface area contributed by atoms with E-state index in [1.807, 2.05) is 44.2 Å². The second-order valence-electron chi connectivity index (χ2n) is 8.13. The number of carbonyl (C=O) groups is 1. The van der Waals surface area contributed by atoms with Gasteiger partial charge in [0.25, 0.3) is 0 Å². The van der Waals surface area contributed by atoms with Gasteiger partial charge in [-0.1, -0.05) is 24.3 Å². The molecule has 0 bridgehead atoms. The monoisotopic (exact) mass is 487 g/mol. The van der Waals surface area contributed by atoms with Crippen molar-refractivity contribution in [2.24, 2.45) is 5.73 Å². The van der Waals surface area contributed by atoms with E-state index in [2.05, 4.69) is 15.3 Å². The third-order valence-corrected chi connectivity index (χ3v) is 5.71. The maximum atomic E-state index is 13.0. The molecule has 1 atom stereocenters. The molecular weight excluding hydrogens is 456 g/mol. The molecule has 10 heteroatoms. The number of urea groups is 1. The number of aromatic nitrogens is 2. The number of likely N-dealkylation sites (tertiary alicyclic amines) is 1. The lowest BCUT2D eigenvalue weighted by atomic mass is 9.98. The van der Waals surface area contributed by atoms with Crippen molar-refractivity contribution in [1.29, 1.82) is 0 Å². The molecule has 2 heterocycles. The average molecular weight is 488 g/mol. The number of aliphatic hydroxyl groups is 1. The van der Waals surface area contributed by atoms with E-state index < -0.39 is 17.7 Å². The van der Waals surface area contributed by atoms with Gasteiger partial charge in [0.1, 0.15) is 5.82 Å². The lowest BCUT2D eigenvalue weighted by molar-refractivity contribution is 0.220. The molecule has 0 radical (unpaired) electrons. The molecule has 2 aromatic carbocycles. The fraction of sp³-hybridized carbons (Fsp3) is 0.360. The number of primary amides is 1. The molecular formula is C25H31F2N5O3. The molecule has 1 aliphatic heterocycles. The van der Waals surface area contributed by atoms with Crippen molar-refractivity contribution in [3.8, 4) is 11.6 Å². The Bertz CT molecular complexity index is 1120. The number of ether oxygens (including phenoxy) is 1. The summed E-state index contributed by atoms with van der Waals surface area (Å²) >= 11 is 0. The topological polar surface area (TPSA) is 106 Å². The first kappa shape index (κ1) is 26.1. The average Bonchev–Trinajstić information content (AvgIpc) is 3.43. The van der Waals surface area contributed by atoms with Crippen LogP contribution < -0.4 is 15.8 Å². The number of anilines is 1. The standard InChI is InChI=1S/C13H16N4O2.C12H15F2NO/c1-3-19-12-9(2)11(15-13(14)18)17(16-12)10-7-5-4-6-8-10;13-11-2-1-9(7-12(11)14)10-3-4-15(8-10)5-6-16/h4-8H,3H2,1-2H3,(H3,14,15,18);1-2,7,10,16H,3-6,8H2. The Morgan fingerprint density at radius 3 is 2.60 bits per heavy atom. The van der Waals surface area contributed by atoms with Crippen molar-refractivity contribution in [2.45, 2.75) is 26.2 Å². The van der Waals surface area contributed by atoms with E-state index in [-0.39, 0.29) is 12.5 Å². The van der Waals surface area contributed by atoms with Crippen molar-refractivity contribution in [3.05, 3.63) is 71.3 Å². The van der Waals surface area contributed by atoms with Gasteiger partial charge in [-0.3, -0.25) is 5.32 Å². The van der Waals surface area contributed by atoms with E-state index in [4.69, 9.17) is 15.6 Å². The highest BCUT2D eigenvalue weighted by Crippen LogP contribution is 2.29. The molecule has 1 unspecified atom stereocenters. The first-order valence-electron chi connectivity index (χ1n) is 11.5. The molecule has 0 aliphatic carbocycles. The van der Waals surface area contributed by atoms with Crippen molar-refractivity contribution < 1.29 is 23.4 Å². The van der Waals surface area contributed by atoms with E-state index in [0.717, 1.165) is 36.3 Å². The van der Waals surface area contributed by atoms with Crippen LogP contribution in [0.3, 0.4) is 0 Å². The van der Waals surface area contributed by atoms with Gasteiger partial charge in [0.15, 0.2) is 11.6 Å². The largest absolute Gasteiger partial charge is 0.477 e. The summed E-state index contributed by atoms with van der Waals surface area (Å²) in [6.45, 7) is 6.72. The number of benzene rings is 2. The maximum absolute atomic E-state index is 13.0. The Morgan fingerprint density at radius 2 is 1.97 bits per heavy atom. The molecule has 2 amide bonds. The second-order valence-corrected chi connectivity index (χ2v) is 8.13. The number of nitrogens with zero attached hydrogens (tertiary/aromatic N) is 3. The number of carbonyl (C=O) groups excluding carboxylic acids is 1. The molecule has 1 aliphatic rings. The second kappa shape index (κ2) is 12.3. The van der Waals surface area contributed by atoms with Crippen LogP contribution in [0.1, 0.15) is 30.4 Å². The fourth-order valence-corrected chi connectivity index (χ4v) is 3.98. The van der Waals surface area contributed by atoms with Crippen LogP contribution >= 0.6 is 0 Å². The summed E-state index contributed by atoms with van der Waals surface area (Å²) in [5.74, 6) is -0.328. The summed E-state index contributed by atoms with van der Waals surface area (Å²) in [5.41, 5.74) is 7.60. The van der Waals surface area contributed by atoms with Gasteiger partial charge in [0.05, 0.1) is 24.5 Å². The van der Waals surface area contributed by atoms with Gasteiger partial charge in [-0.05, 0) is 62.6 Å². The minimum atomic E-state index is -0.797. The lowest BCUT2D eigenvalue weighted by Crippen LogP contribution is -2.23. The highest BCUT2D eigenvalue weighted by Gasteiger charge is 2.24.